The zero-order chi connectivity index (χ0) is 25.6. The second-order valence-corrected chi connectivity index (χ2v) is 9.61. The number of carbonyl (C=O) groups excluding carboxylic acids is 2. The van der Waals surface area contributed by atoms with Crippen LogP contribution in [-0.4, -0.2) is 28.4 Å². The van der Waals surface area contributed by atoms with Gasteiger partial charge in [-0.15, -0.1) is 0 Å². The molecule has 0 bridgehead atoms. The number of rotatable bonds is 5. The Kier molecular flexibility index (Phi) is 6.05. The molecule has 2 heterocycles. The van der Waals surface area contributed by atoms with Gasteiger partial charge in [-0.2, -0.15) is 0 Å². The first-order valence-electron chi connectivity index (χ1n) is 11.5. The van der Waals surface area contributed by atoms with Gasteiger partial charge in [-0.25, -0.2) is 9.37 Å². The Labute approximate surface area is 211 Å². The Morgan fingerprint density at radius 1 is 1.08 bits per heavy atom. The summed E-state index contributed by atoms with van der Waals surface area (Å²) >= 11 is 1.24. The van der Waals surface area contributed by atoms with E-state index >= 15 is 0 Å². The molecule has 182 valence electrons. The van der Waals surface area contributed by atoms with E-state index in [2.05, 4.69) is 4.98 Å². The number of ketones is 1. The summed E-state index contributed by atoms with van der Waals surface area (Å²) in [5.74, 6) is -1.68. The number of aliphatic hydroxyl groups is 1. The topological polar surface area (TPSA) is 79.7 Å². The third-order valence-electron chi connectivity index (χ3n) is 6.14. The summed E-state index contributed by atoms with van der Waals surface area (Å²) in [6, 6.07) is 15.5. The van der Waals surface area contributed by atoms with Crippen molar-refractivity contribution in [3.8, 4) is 5.75 Å². The molecule has 0 radical (unpaired) electrons. The van der Waals surface area contributed by atoms with Gasteiger partial charge >= 0.3 is 5.91 Å². The summed E-state index contributed by atoms with van der Waals surface area (Å²) in [5.41, 5.74) is 3.18. The normalized spacial score (nSPS) is 17.2. The summed E-state index contributed by atoms with van der Waals surface area (Å²) in [5, 5.41) is 11.7. The molecule has 1 fully saturated rings. The predicted octanol–water partition coefficient (Wildman–Crippen LogP) is 6.08. The quantitative estimate of drug-likeness (QED) is 0.203. The van der Waals surface area contributed by atoms with Crippen LogP contribution >= 0.6 is 11.3 Å². The van der Waals surface area contributed by atoms with Gasteiger partial charge in [-0.3, -0.25) is 14.5 Å². The highest BCUT2D eigenvalue weighted by molar-refractivity contribution is 7.22. The highest BCUT2D eigenvalue weighted by atomic mass is 32.1. The van der Waals surface area contributed by atoms with E-state index < -0.39 is 23.5 Å². The Bertz CT molecular complexity index is 1540. The van der Waals surface area contributed by atoms with Crippen LogP contribution in [0, 0.1) is 19.7 Å². The average Bonchev–Trinajstić information content (AvgIpc) is 3.39. The van der Waals surface area contributed by atoms with Crippen LogP contribution in [0.3, 0.4) is 0 Å². The van der Waals surface area contributed by atoms with Gasteiger partial charge in [0.25, 0.3) is 5.78 Å². The van der Waals surface area contributed by atoms with E-state index in [1.165, 1.54) is 40.5 Å². The fraction of sp³-hybridized carbons (Fsp3) is 0.179. The van der Waals surface area contributed by atoms with E-state index in [0.29, 0.717) is 34.1 Å². The molecule has 0 saturated carbocycles. The molecule has 1 amide bonds. The number of halogens is 1. The summed E-state index contributed by atoms with van der Waals surface area (Å²) in [7, 11) is 0. The van der Waals surface area contributed by atoms with Crippen molar-refractivity contribution in [3.05, 3.63) is 94.3 Å². The van der Waals surface area contributed by atoms with Crippen molar-refractivity contribution in [2.75, 3.05) is 11.5 Å². The van der Waals surface area contributed by atoms with Crippen molar-refractivity contribution >= 4 is 44.1 Å². The Morgan fingerprint density at radius 2 is 1.83 bits per heavy atom. The zero-order valence-corrected chi connectivity index (χ0v) is 20.7. The summed E-state index contributed by atoms with van der Waals surface area (Å²) < 4.78 is 20.1. The van der Waals surface area contributed by atoms with E-state index in [-0.39, 0.29) is 11.3 Å². The van der Waals surface area contributed by atoms with E-state index in [1.807, 2.05) is 39.0 Å². The van der Waals surface area contributed by atoms with Crippen LogP contribution in [-0.2, 0) is 9.59 Å². The van der Waals surface area contributed by atoms with E-state index in [1.54, 1.807) is 18.2 Å². The predicted molar refractivity (Wildman–Crippen MR) is 138 cm³/mol. The van der Waals surface area contributed by atoms with Gasteiger partial charge in [0.15, 0.2) is 5.13 Å². The third kappa shape index (κ3) is 4.03. The number of aromatic nitrogens is 1. The summed E-state index contributed by atoms with van der Waals surface area (Å²) in [6.07, 6.45) is 0. The van der Waals surface area contributed by atoms with Crippen LogP contribution < -0.4 is 9.64 Å². The minimum atomic E-state index is -0.975. The lowest BCUT2D eigenvalue weighted by molar-refractivity contribution is -0.132. The molecule has 1 saturated heterocycles. The molecule has 3 aromatic carbocycles. The van der Waals surface area contributed by atoms with Gasteiger partial charge in [-0.05, 0) is 68.3 Å². The number of Topliss-reactive ketones (excluding diaryl/α,β-unsaturated/α-hetero) is 1. The molecule has 36 heavy (non-hydrogen) atoms. The molecule has 1 N–H and O–H groups in total. The number of anilines is 1. The Morgan fingerprint density at radius 3 is 2.56 bits per heavy atom. The molecule has 1 atom stereocenters. The maximum absolute atomic E-state index is 13.8. The van der Waals surface area contributed by atoms with E-state index in [0.717, 1.165) is 15.8 Å². The Balaban J connectivity index is 1.72. The first kappa shape index (κ1) is 23.7. The number of ether oxygens (including phenoxy) is 1. The number of benzene rings is 3. The minimum Gasteiger partial charge on any atom is -0.507 e. The monoisotopic (exact) mass is 502 g/mol. The SMILES string of the molecule is CCOc1ccc2nc(N3C(=O)C(=O)/C(=C(/O)c4cc(C)ccc4C)C3c3ccc(F)cc3)sc2c1. The maximum Gasteiger partial charge on any atom is 0.301 e. The number of amides is 1. The fourth-order valence-corrected chi connectivity index (χ4v) is 5.40. The lowest BCUT2D eigenvalue weighted by Crippen LogP contribution is -2.29. The number of thiazole rings is 1. The third-order valence-corrected chi connectivity index (χ3v) is 7.16. The molecule has 4 aromatic rings. The minimum absolute atomic E-state index is 0.0606. The van der Waals surface area contributed by atoms with Crippen molar-refractivity contribution in [1.29, 1.82) is 0 Å². The van der Waals surface area contributed by atoms with Crippen LogP contribution in [0.2, 0.25) is 0 Å². The van der Waals surface area contributed by atoms with Gasteiger partial charge in [0, 0.05) is 5.56 Å². The van der Waals surface area contributed by atoms with Crippen molar-refractivity contribution in [2.24, 2.45) is 0 Å². The number of aryl methyl sites for hydroxylation is 2. The van der Waals surface area contributed by atoms with Crippen molar-refractivity contribution in [1.82, 2.24) is 4.98 Å². The summed E-state index contributed by atoms with van der Waals surface area (Å²) in [6.45, 7) is 6.10. The highest BCUT2D eigenvalue weighted by Gasteiger charge is 2.48. The second-order valence-electron chi connectivity index (χ2n) is 8.60. The average molecular weight is 503 g/mol. The van der Waals surface area contributed by atoms with Gasteiger partial charge in [-0.1, -0.05) is 41.2 Å². The number of nitrogens with zero attached hydrogens (tertiary/aromatic N) is 2. The van der Waals surface area contributed by atoms with Crippen LogP contribution in [0.5, 0.6) is 5.75 Å². The van der Waals surface area contributed by atoms with Crippen LogP contribution in [0.1, 0.15) is 35.2 Å². The molecular formula is C28H23FN2O4S. The number of carbonyl (C=O) groups is 2. The number of fused-ring (bicyclic) bond motifs is 1. The van der Waals surface area contributed by atoms with E-state index in [4.69, 9.17) is 4.74 Å². The van der Waals surface area contributed by atoms with Gasteiger partial charge in [0.2, 0.25) is 0 Å². The van der Waals surface area contributed by atoms with Crippen molar-refractivity contribution in [3.63, 3.8) is 0 Å². The Hall–Kier alpha value is -4.04. The van der Waals surface area contributed by atoms with Crippen LogP contribution in [0.4, 0.5) is 9.52 Å². The van der Waals surface area contributed by atoms with Gasteiger partial charge in [0.1, 0.15) is 17.3 Å². The van der Waals surface area contributed by atoms with E-state index in [9.17, 15) is 19.1 Å². The molecular weight excluding hydrogens is 479 g/mol. The molecule has 1 unspecified atom stereocenters. The largest absolute Gasteiger partial charge is 0.507 e. The zero-order valence-electron chi connectivity index (χ0n) is 19.9. The molecule has 0 aliphatic carbocycles. The summed E-state index contributed by atoms with van der Waals surface area (Å²) in [4.78, 5) is 32.7. The molecule has 6 nitrogen and oxygen atoms in total. The highest BCUT2D eigenvalue weighted by Crippen LogP contribution is 2.45. The van der Waals surface area contributed by atoms with Gasteiger partial charge < -0.3 is 9.84 Å². The standard InChI is InChI=1S/C28H23FN2O4S/c1-4-35-19-11-12-21-22(14-19)36-28(30-21)31-24(17-7-9-18(29)10-8-17)23(26(33)27(31)34)25(32)20-13-15(2)5-6-16(20)3/h5-14,24,32H,4H2,1-3H3/b25-23+. The smallest absolute Gasteiger partial charge is 0.301 e. The van der Waals surface area contributed by atoms with Crippen molar-refractivity contribution in [2.45, 2.75) is 26.8 Å². The van der Waals surface area contributed by atoms with Crippen LogP contribution in [0.25, 0.3) is 16.0 Å². The van der Waals surface area contributed by atoms with Crippen molar-refractivity contribution < 1.29 is 23.8 Å². The lowest BCUT2D eigenvalue weighted by atomic mass is 9.93. The second kappa shape index (κ2) is 9.20. The molecule has 8 heteroatoms. The molecule has 5 rings (SSSR count). The van der Waals surface area contributed by atoms with Gasteiger partial charge in [0.05, 0.1) is 28.4 Å². The lowest BCUT2D eigenvalue weighted by Gasteiger charge is -2.23. The first-order valence-corrected chi connectivity index (χ1v) is 12.3. The molecule has 1 aromatic heterocycles. The number of hydrogen-bond donors (Lipinski definition) is 1. The first-order chi connectivity index (χ1) is 17.3. The van der Waals surface area contributed by atoms with Crippen LogP contribution in [0.15, 0.2) is 66.2 Å². The molecule has 1 aliphatic rings. The fourth-order valence-electron chi connectivity index (χ4n) is 4.38. The maximum atomic E-state index is 13.8. The number of hydrogen-bond acceptors (Lipinski definition) is 6. The molecule has 0 spiro atoms. The molecule has 1 aliphatic heterocycles. The number of aliphatic hydroxyl groups excluding tert-OH is 1.